The van der Waals surface area contributed by atoms with Gasteiger partial charge in [-0.25, -0.2) is 4.98 Å². The van der Waals surface area contributed by atoms with Crippen molar-refractivity contribution in [1.29, 1.82) is 0 Å². The lowest BCUT2D eigenvalue weighted by atomic mass is 9.84. The van der Waals surface area contributed by atoms with E-state index >= 15 is 0 Å². The van der Waals surface area contributed by atoms with E-state index in [0.717, 1.165) is 12.8 Å². The molecule has 1 aromatic heterocycles. The smallest absolute Gasteiger partial charge is 0.297 e. The van der Waals surface area contributed by atoms with Crippen LogP contribution in [0.1, 0.15) is 45.1 Å². The Morgan fingerprint density at radius 3 is 3.00 bits per heavy atom. The molecule has 1 aliphatic rings. The highest BCUT2D eigenvalue weighted by molar-refractivity contribution is 6.30. The van der Waals surface area contributed by atoms with Gasteiger partial charge in [0.25, 0.3) is 5.56 Å². The molecule has 4 nitrogen and oxygen atoms in total. The van der Waals surface area contributed by atoms with Crippen molar-refractivity contribution in [3.05, 3.63) is 21.8 Å². The molecule has 0 N–H and O–H groups in total. The van der Waals surface area contributed by atoms with Crippen LogP contribution in [0.3, 0.4) is 0 Å². The largest absolute Gasteiger partial charge is 0.489 e. The lowest BCUT2D eigenvalue weighted by molar-refractivity contribution is 0.253. The molecule has 0 aliphatic heterocycles. The summed E-state index contributed by atoms with van der Waals surface area (Å²) in [5.74, 6) is 0.857. The van der Waals surface area contributed by atoms with Crippen molar-refractivity contribution in [1.82, 2.24) is 9.55 Å². The third-order valence-electron chi connectivity index (χ3n) is 3.84. The second-order valence-electron chi connectivity index (χ2n) is 4.88. The van der Waals surface area contributed by atoms with E-state index in [0.29, 0.717) is 5.92 Å². The molecule has 5 heteroatoms. The summed E-state index contributed by atoms with van der Waals surface area (Å²) in [7, 11) is 1.45. The molecule has 0 saturated heterocycles. The zero-order valence-electron chi connectivity index (χ0n) is 10.9. The minimum absolute atomic E-state index is 0.140. The van der Waals surface area contributed by atoms with Gasteiger partial charge >= 0.3 is 0 Å². The van der Waals surface area contributed by atoms with Gasteiger partial charge in [-0.15, -0.1) is 0 Å². The number of halogens is 1. The van der Waals surface area contributed by atoms with Gasteiger partial charge in [-0.2, -0.15) is 0 Å². The summed E-state index contributed by atoms with van der Waals surface area (Å²) in [5.41, 5.74) is -0.167. The van der Waals surface area contributed by atoms with Crippen molar-refractivity contribution in [3.8, 4) is 5.75 Å². The Morgan fingerprint density at radius 1 is 1.56 bits per heavy atom. The van der Waals surface area contributed by atoms with E-state index in [1.165, 1.54) is 26.4 Å². The molecule has 100 valence electrons. The van der Waals surface area contributed by atoms with Crippen LogP contribution in [0.15, 0.2) is 11.1 Å². The molecule has 0 bridgehead atoms. The third kappa shape index (κ3) is 2.53. The van der Waals surface area contributed by atoms with Gasteiger partial charge < -0.3 is 4.74 Å². The number of hydrogen-bond donors (Lipinski definition) is 0. The molecular formula is C13H19ClN2O2. The molecule has 2 rings (SSSR count). The van der Waals surface area contributed by atoms with Gasteiger partial charge in [-0.1, -0.05) is 37.8 Å². The first kappa shape index (κ1) is 13.4. The van der Waals surface area contributed by atoms with Crippen molar-refractivity contribution < 1.29 is 4.74 Å². The van der Waals surface area contributed by atoms with Crippen LogP contribution in [0, 0.1) is 5.92 Å². The summed E-state index contributed by atoms with van der Waals surface area (Å²) >= 11 is 5.85. The Kier molecular flexibility index (Phi) is 4.27. The lowest BCUT2D eigenvalue weighted by Gasteiger charge is -2.29. The normalized spacial score (nSPS) is 23.9. The highest BCUT2D eigenvalue weighted by atomic mass is 35.5. The lowest BCUT2D eigenvalue weighted by Crippen LogP contribution is -2.29. The quantitative estimate of drug-likeness (QED) is 0.793. The first-order chi connectivity index (χ1) is 8.67. The van der Waals surface area contributed by atoms with Crippen LogP contribution >= 0.6 is 11.6 Å². The first-order valence-corrected chi connectivity index (χ1v) is 6.85. The van der Waals surface area contributed by atoms with Gasteiger partial charge in [0, 0.05) is 6.04 Å². The summed E-state index contributed by atoms with van der Waals surface area (Å²) in [5, 5.41) is 0.140. The number of nitrogens with zero attached hydrogens (tertiary/aromatic N) is 2. The van der Waals surface area contributed by atoms with Gasteiger partial charge in [-0.3, -0.25) is 9.36 Å². The van der Waals surface area contributed by atoms with Gasteiger partial charge in [-0.05, 0) is 18.8 Å². The molecule has 2 atom stereocenters. The van der Waals surface area contributed by atoms with E-state index in [2.05, 4.69) is 11.9 Å². The van der Waals surface area contributed by atoms with Crippen LogP contribution in [0.4, 0.5) is 0 Å². The summed E-state index contributed by atoms with van der Waals surface area (Å²) in [6.45, 7) is 2.20. The maximum atomic E-state index is 12.2. The van der Waals surface area contributed by atoms with Gasteiger partial charge in [0.2, 0.25) is 5.75 Å². The Morgan fingerprint density at radius 2 is 2.33 bits per heavy atom. The standard InChI is InChI=1S/C13H19ClN2O2/c1-3-9-5-4-6-10(7-9)16-8-15-12(14)11(18-2)13(16)17/h8-10H,3-7H2,1-2H3. The van der Waals surface area contributed by atoms with Gasteiger partial charge in [0.15, 0.2) is 5.15 Å². The Balaban J connectivity index is 2.31. The molecule has 0 radical (unpaired) electrons. The number of ether oxygens (including phenoxy) is 1. The van der Waals surface area contributed by atoms with Crippen molar-refractivity contribution in [2.75, 3.05) is 7.11 Å². The molecule has 0 amide bonds. The Labute approximate surface area is 112 Å². The predicted molar refractivity (Wildman–Crippen MR) is 71.3 cm³/mol. The van der Waals surface area contributed by atoms with E-state index in [9.17, 15) is 4.79 Å². The minimum Gasteiger partial charge on any atom is -0.489 e. The van der Waals surface area contributed by atoms with Crippen molar-refractivity contribution in [3.63, 3.8) is 0 Å². The van der Waals surface area contributed by atoms with E-state index in [1.54, 1.807) is 10.9 Å². The zero-order valence-corrected chi connectivity index (χ0v) is 11.6. The molecule has 2 unspecified atom stereocenters. The summed E-state index contributed by atoms with van der Waals surface area (Å²) in [6, 6.07) is 0.231. The SMILES string of the molecule is CCC1CCCC(n2cnc(Cl)c(OC)c2=O)C1. The molecule has 1 aliphatic carbocycles. The fraction of sp³-hybridized carbons (Fsp3) is 0.692. The van der Waals surface area contributed by atoms with Crippen LogP contribution in [0.5, 0.6) is 5.75 Å². The summed E-state index contributed by atoms with van der Waals surface area (Å²) in [4.78, 5) is 16.3. The number of methoxy groups -OCH3 is 1. The molecule has 1 saturated carbocycles. The molecule has 0 spiro atoms. The number of rotatable bonds is 3. The predicted octanol–water partition coefficient (Wildman–Crippen LogP) is 3.05. The van der Waals surface area contributed by atoms with Crippen molar-refractivity contribution in [2.24, 2.45) is 5.92 Å². The van der Waals surface area contributed by atoms with Crippen LogP contribution in [0.2, 0.25) is 5.15 Å². The van der Waals surface area contributed by atoms with Crippen LogP contribution in [-0.4, -0.2) is 16.7 Å². The maximum Gasteiger partial charge on any atom is 0.297 e. The summed E-state index contributed by atoms with van der Waals surface area (Å²) < 4.78 is 6.72. The first-order valence-electron chi connectivity index (χ1n) is 6.48. The van der Waals surface area contributed by atoms with Crippen molar-refractivity contribution >= 4 is 11.6 Å². The van der Waals surface area contributed by atoms with Crippen LogP contribution < -0.4 is 10.3 Å². The van der Waals surface area contributed by atoms with E-state index in [4.69, 9.17) is 16.3 Å². The monoisotopic (exact) mass is 270 g/mol. The summed E-state index contributed by atoms with van der Waals surface area (Å²) in [6.07, 6.45) is 7.23. The molecule has 0 aromatic carbocycles. The number of hydrogen-bond acceptors (Lipinski definition) is 3. The van der Waals surface area contributed by atoms with E-state index < -0.39 is 0 Å². The topological polar surface area (TPSA) is 44.1 Å². The fourth-order valence-electron chi connectivity index (χ4n) is 2.75. The van der Waals surface area contributed by atoms with E-state index in [-0.39, 0.29) is 22.5 Å². The van der Waals surface area contributed by atoms with Crippen LogP contribution in [-0.2, 0) is 0 Å². The molecule has 18 heavy (non-hydrogen) atoms. The number of aromatic nitrogens is 2. The fourth-order valence-corrected chi connectivity index (χ4v) is 2.95. The van der Waals surface area contributed by atoms with Gasteiger partial charge in [0.1, 0.15) is 0 Å². The highest BCUT2D eigenvalue weighted by Gasteiger charge is 2.24. The minimum atomic E-state index is -0.167. The second kappa shape index (κ2) is 5.74. The molecule has 1 aromatic rings. The average Bonchev–Trinajstić information content (AvgIpc) is 2.39. The maximum absolute atomic E-state index is 12.2. The Hall–Kier alpha value is -1.03. The molecular weight excluding hydrogens is 252 g/mol. The highest BCUT2D eigenvalue weighted by Crippen LogP contribution is 2.33. The second-order valence-corrected chi connectivity index (χ2v) is 5.23. The average molecular weight is 271 g/mol. The zero-order chi connectivity index (χ0) is 13.1. The van der Waals surface area contributed by atoms with E-state index in [1.807, 2.05) is 0 Å². The third-order valence-corrected chi connectivity index (χ3v) is 4.11. The molecule has 1 fully saturated rings. The van der Waals surface area contributed by atoms with Crippen LogP contribution in [0.25, 0.3) is 0 Å². The van der Waals surface area contributed by atoms with Crippen molar-refractivity contribution in [2.45, 2.75) is 45.1 Å². The Bertz CT molecular complexity index is 473. The van der Waals surface area contributed by atoms with Gasteiger partial charge in [0.05, 0.1) is 13.4 Å². The molecule has 1 heterocycles.